The van der Waals surface area contributed by atoms with Crippen molar-refractivity contribution < 1.29 is 24.2 Å². The minimum Gasteiger partial charge on any atom is -0.462 e. The van der Waals surface area contributed by atoms with E-state index in [1.165, 1.54) is 122 Å². The molecule has 0 aliphatic rings. The predicted molar refractivity (Wildman–Crippen MR) is 302 cm³/mol. The highest BCUT2D eigenvalue weighted by atomic mass is 16.6. The summed E-state index contributed by atoms with van der Waals surface area (Å²) in [5.41, 5.74) is 0. The number of ether oxygens (including phenoxy) is 2. The highest BCUT2D eigenvalue weighted by Gasteiger charge is 2.16. The predicted octanol–water partition coefficient (Wildman–Crippen LogP) is 19.5. The third kappa shape index (κ3) is 56.8. The molecule has 0 radical (unpaired) electrons. The Labute approximate surface area is 426 Å². The summed E-state index contributed by atoms with van der Waals surface area (Å²) in [6.45, 7) is 4.03. The Bertz CT molecular complexity index is 1400. The van der Waals surface area contributed by atoms with Crippen LogP contribution in [-0.4, -0.2) is 36.4 Å². The monoisotopic (exact) mass is 955 g/mol. The van der Waals surface area contributed by atoms with Gasteiger partial charge in [-0.05, 0) is 89.9 Å². The summed E-state index contributed by atoms with van der Waals surface area (Å²) in [6, 6.07) is 0. The molecule has 5 heteroatoms. The largest absolute Gasteiger partial charge is 0.462 e. The molecule has 0 aromatic carbocycles. The van der Waals surface area contributed by atoms with Gasteiger partial charge in [0.05, 0.1) is 6.61 Å². The van der Waals surface area contributed by atoms with Gasteiger partial charge in [0, 0.05) is 12.8 Å². The molecule has 0 fully saturated rings. The van der Waals surface area contributed by atoms with Gasteiger partial charge in [-0.15, -0.1) is 0 Å². The zero-order valence-electron chi connectivity index (χ0n) is 44.8. The molecule has 0 aliphatic carbocycles. The van der Waals surface area contributed by atoms with Gasteiger partial charge in [0.15, 0.2) is 6.10 Å². The topological polar surface area (TPSA) is 72.8 Å². The molecule has 0 aromatic heterocycles. The molecule has 1 N–H and O–H groups in total. The summed E-state index contributed by atoms with van der Waals surface area (Å²) >= 11 is 0. The first-order valence-electron chi connectivity index (χ1n) is 28.6. The highest BCUT2D eigenvalue weighted by Crippen LogP contribution is 2.15. The van der Waals surface area contributed by atoms with E-state index in [2.05, 4.69) is 135 Å². The van der Waals surface area contributed by atoms with Crippen LogP contribution in [-0.2, 0) is 19.1 Å². The standard InChI is InChI=1S/C64H106O5/c1-3-5-7-9-11-13-15-17-19-20-21-22-23-24-25-26-27-28-29-30-31-32-33-34-35-36-37-38-39-40-41-42-43-44-45-47-49-51-53-55-57-59-64(67)69-62(60-65)61-68-63(66)58-56-54-52-50-48-46-18-16-14-12-10-8-6-4-2/h5,7,11,13,17,19,21-22,24-25,27-28,30-31,33-34,36-37,39-40,62,65H,3-4,6,8-10,12,14-16,18,20,23,26,29,32,35,38,41-61H2,1-2H3/b7-5-,13-11-,19-17-,22-21-,25-24-,28-27-,31-30-,34-33-,37-36-,40-39-. The van der Waals surface area contributed by atoms with Crippen molar-refractivity contribution in [3.05, 3.63) is 122 Å². The van der Waals surface area contributed by atoms with Crippen molar-refractivity contribution in [2.24, 2.45) is 0 Å². The molecular weight excluding hydrogens is 849 g/mol. The number of esters is 2. The van der Waals surface area contributed by atoms with E-state index in [0.29, 0.717) is 12.8 Å². The number of hydrogen-bond acceptors (Lipinski definition) is 5. The van der Waals surface area contributed by atoms with Crippen molar-refractivity contribution in [3.63, 3.8) is 0 Å². The molecule has 1 atom stereocenters. The molecule has 0 amide bonds. The Balaban J connectivity index is 3.57. The van der Waals surface area contributed by atoms with Gasteiger partial charge in [0.25, 0.3) is 0 Å². The fourth-order valence-corrected chi connectivity index (χ4v) is 7.76. The summed E-state index contributed by atoms with van der Waals surface area (Å²) < 4.78 is 10.7. The average Bonchev–Trinajstić information content (AvgIpc) is 3.35. The molecule has 0 rings (SSSR count). The van der Waals surface area contributed by atoms with E-state index in [1.54, 1.807) is 0 Å². The second-order valence-electron chi connectivity index (χ2n) is 18.6. The van der Waals surface area contributed by atoms with Crippen LogP contribution in [0.3, 0.4) is 0 Å². The van der Waals surface area contributed by atoms with Crippen molar-refractivity contribution in [1.29, 1.82) is 0 Å². The van der Waals surface area contributed by atoms with Crippen LogP contribution in [0.2, 0.25) is 0 Å². The first-order chi connectivity index (χ1) is 34.1. The van der Waals surface area contributed by atoms with Gasteiger partial charge in [0.1, 0.15) is 6.61 Å². The van der Waals surface area contributed by atoms with Gasteiger partial charge < -0.3 is 14.6 Å². The smallest absolute Gasteiger partial charge is 0.306 e. The minimum absolute atomic E-state index is 0.0697. The van der Waals surface area contributed by atoms with E-state index in [1.807, 2.05) is 0 Å². The van der Waals surface area contributed by atoms with Crippen LogP contribution in [0.25, 0.3) is 0 Å². The van der Waals surface area contributed by atoms with Crippen LogP contribution in [0.4, 0.5) is 0 Å². The van der Waals surface area contributed by atoms with Gasteiger partial charge in [-0.3, -0.25) is 9.59 Å². The lowest BCUT2D eigenvalue weighted by Crippen LogP contribution is -2.28. The average molecular weight is 956 g/mol. The van der Waals surface area contributed by atoms with Gasteiger partial charge in [-0.25, -0.2) is 0 Å². The molecule has 0 saturated carbocycles. The third-order valence-corrected chi connectivity index (χ3v) is 12.0. The number of aliphatic hydroxyl groups is 1. The number of unbranched alkanes of at least 4 members (excludes halogenated alkanes) is 23. The minimum atomic E-state index is -0.778. The zero-order valence-corrected chi connectivity index (χ0v) is 44.8. The number of allylic oxidation sites excluding steroid dienone is 20. The molecule has 0 heterocycles. The van der Waals surface area contributed by atoms with Crippen LogP contribution in [0.1, 0.15) is 251 Å². The summed E-state index contributed by atoms with van der Waals surface area (Å²) in [4.78, 5) is 24.4. The lowest BCUT2D eigenvalue weighted by molar-refractivity contribution is -0.161. The molecule has 0 bridgehead atoms. The van der Waals surface area contributed by atoms with Crippen LogP contribution in [0.15, 0.2) is 122 Å². The fourth-order valence-electron chi connectivity index (χ4n) is 7.76. The number of aliphatic hydroxyl groups excluding tert-OH is 1. The summed E-state index contributed by atoms with van der Waals surface area (Å²) in [6.07, 6.45) is 86.0. The molecule has 69 heavy (non-hydrogen) atoms. The molecule has 1 unspecified atom stereocenters. The molecule has 5 nitrogen and oxygen atoms in total. The van der Waals surface area contributed by atoms with Crippen LogP contribution in [0.5, 0.6) is 0 Å². The molecule has 0 spiro atoms. The summed E-state index contributed by atoms with van der Waals surface area (Å²) in [7, 11) is 0. The van der Waals surface area contributed by atoms with Crippen molar-refractivity contribution in [3.8, 4) is 0 Å². The van der Waals surface area contributed by atoms with Crippen LogP contribution < -0.4 is 0 Å². The van der Waals surface area contributed by atoms with E-state index >= 15 is 0 Å². The number of rotatable bonds is 51. The molecule has 0 aromatic rings. The SMILES string of the molecule is CC/C=C\C/C=C\C/C=C\C/C=C\C/C=C\C/C=C\C/C=C\C/C=C\C/C=C\C/C=C\CCCCCCCCCCCCC(=O)OC(CO)COC(=O)CCCCCCCCCCCCCCCC. The lowest BCUT2D eigenvalue weighted by Gasteiger charge is -2.15. The van der Waals surface area contributed by atoms with E-state index in [-0.39, 0.29) is 25.2 Å². The Morgan fingerprint density at radius 2 is 0.623 bits per heavy atom. The Morgan fingerprint density at radius 3 is 0.942 bits per heavy atom. The van der Waals surface area contributed by atoms with Crippen molar-refractivity contribution in [1.82, 2.24) is 0 Å². The highest BCUT2D eigenvalue weighted by molar-refractivity contribution is 5.70. The maximum absolute atomic E-state index is 12.3. The quantitative estimate of drug-likeness (QED) is 0.0374. The lowest BCUT2D eigenvalue weighted by atomic mass is 10.0. The number of carbonyl (C=O) groups excluding carboxylic acids is 2. The van der Waals surface area contributed by atoms with E-state index in [0.717, 1.165) is 103 Å². The van der Waals surface area contributed by atoms with Crippen LogP contribution >= 0.6 is 0 Å². The molecule has 0 aliphatic heterocycles. The normalized spacial score (nSPS) is 13.1. The number of hydrogen-bond donors (Lipinski definition) is 1. The van der Waals surface area contributed by atoms with Crippen LogP contribution in [0, 0.1) is 0 Å². The first kappa shape index (κ1) is 65.3. The second kappa shape index (κ2) is 58.6. The first-order valence-corrected chi connectivity index (χ1v) is 28.6. The van der Waals surface area contributed by atoms with Gasteiger partial charge in [-0.1, -0.05) is 270 Å². The maximum atomic E-state index is 12.3. The maximum Gasteiger partial charge on any atom is 0.306 e. The molecular formula is C64H106O5. The Morgan fingerprint density at radius 1 is 0.348 bits per heavy atom. The third-order valence-electron chi connectivity index (χ3n) is 12.0. The van der Waals surface area contributed by atoms with Gasteiger partial charge in [-0.2, -0.15) is 0 Å². The van der Waals surface area contributed by atoms with Gasteiger partial charge >= 0.3 is 11.9 Å². The zero-order chi connectivity index (χ0) is 49.9. The fraction of sp³-hybridized carbons (Fsp3) is 0.656. The Hall–Kier alpha value is -3.70. The number of carbonyl (C=O) groups is 2. The summed E-state index contributed by atoms with van der Waals surface area (Å²) in [5.74, 6) is -0.595. The van der Waals surface area contributed by atoms with Crippen molar-refractivity contribution in [2.75, 3.05) is 13.2 Å². The Kier molecular flexibility index (Phi) is 55.5. The van der Waals surface area contributed by atoms with Crippen molar-refractivity contribution >= 4 is 11.9 Å². The van der Waals surface area contributed by atoms with Crippen molar-refractivity contribution in [2.45, 2.75) is 258 Å². The second-order valence-corrected chi connectivity index (χ2v) is 18.6. The van der Waals surface area contributed by atoms with E-state index in [4.69, 9.17) is 9.47 Å². The van der Waals surface area contributed by atoms with Gasteiger partial charge in [0.2, 0.25) is 0 Å². The van der Waals surface area contributed by atoms with E-state index in [9.17, 15) is 14.7 Å². The summed E-state index contributed by atoms with van der Waals surface area (Å²) in [5, 5.41) is 9.63. The molecule has 392 valence electrons. The van der Waals surface area contributed by atoms with E-state index < -0.39 is 6.10 Å². The molecule has 0 saturated heterocycles.